The first-order valence-corrected chi connectivity index (χ1v) is 8.04. The van der Waals surface area contributed by atoms with Gasteiger partial charge in [-0.05, 0) is 44.9 Å². The molecule has 0 radical (unpaired) electrons. The number of carbonyl (C=O) groups is 1. The Hall–Kier alpha value is -2.34. The molecule has 0 saturated heterocycles. The maximum atomic E-state index is 11.7. The third-order valence-electron chi connectivity index (χ3n) is 4.02. The number of aliphatic hydroxyl groups is 1. The summed E-state index contributed by atoms with van der Waals surface area (Å²) in [7, 11) is 0. The summed E-state index contributed by atoms with van der Waals surface area (Å²) in [6, 6.07) is 8.94. The monoisotopic (exact) mass is 331 g/mol. The molecule has 1 aromatic carbocycles. The highest BCUT2D eigenvalue weighted by Gasteiger charge is 2.33. The fourth-order valence-electron chi connectivity index (χ4n) is 2.93. The van der Waals surface area contributed by atoms with Gasteiger partial charge < -0.3 is 10.2 Å². The van der Waals surface area contributed by atoms with E-state index in [1.165, 1.54) is 4.90 Å². The van der Waals surface area contributed by atoms with Gasteiger partial charge in [-0.2, -0.15) is 5.10 Å². The molecule has 0 aliphatic rings. The van der Waals surface area contributed by atoms with Crippen LogP contribution < -0.4 is 0 Å². The molecule has 0 saturated carbocycles. The normalized spacial score (nSPS) is 12.9. The van der Waals surface area contributed by atoms with Crippen molar-refractivity contribution in [2.45, 2.75) is 45.8 Å². The highest BCUT2D eigenvalue weighted by molar-refractivity contribution is 5.67. The van der Waals surface area contributed by atoms with E-state index in [2.05, 4.69) is 5.10 Å². The number of carboxylic acid groups (broad SMARTS) is 1. The molecule has 1 heterocycles. The molecule has 1 amide bonds. The summed E-state index contributed by atoms with van der Waals surface area (Å²) < 4.78 is 1.90. The second-order valence-electron chi connectivity index (χ2n) is 6.68. The number of nitrogens with zero attached hydrogens (tertiary/aromatic N) is 3. The molecule has 0 spiro atoms. The van der Waals surface area contributed by atoms with Gasteiger partial charge >= 0.3 is 6.09 Å². The predicted octanol–water partition coefficient (Wildman–Crippen LogP) is 3.38. The van der Waals surface area contributed by atoms with Crippen LogP contribution in [0.2, 0.25) is 0 Å². The van der Waals surface area contributed by atoms with Crippen molar-refractivity contribution < 1.29 is 15.0 Å². The third kappa shape index (κ3) is 3.59. The van der Waals surface area contributed by atoms with Crippen LogP contribution in [0, 0.1) is 0 Å². The molecule has 0 fully saturated rings. The lowest BCUT2D eigenvalue weighted by atomic mass is 9.97. The van der Waals surface area contributed by atoms with Crippen molar-refractivity contribution in [2.24, 2.45) is 0 Å². The topological polar surface area (TPSA) is 78.6 Å². The number of rotatable bonds is 5. The molecule has 0 bridgehead atoms. The summed E-state index contributed by atoms with van der Waals surface area (Å²) in [6.45, 7) is 7.99. The summed E-state index contributed by atoms with van der Waals surface area (Å²) in [5.74, 6) is 0. The molecule has 24 heavy (non-hydrogen) atoms. The number of amides is 1. The molecule has 1 aromatic heterocycles. The molecule has 2 rings (SSSR count). The molecule has 6 heteroatoms. The third-order valence-corrected chi connectivity index (χ3v) is 4.02. The lowest BCUT2D eigenvalue weighted by molar-refractivity contribution is 0.0458. The van der Waals surface area contributed by atoms with Gasteiger partial charge in [0.25, 0.3) is 0 Å². The Kier molecular flexibility index (Phi) is 5.29. The van der Waals surface area contributed by atoms with E-state index in [9.17, 15) is 15.0 Å². The standard InChI is InChI=1S/C18H25N3O3/c1-5-20-15(10-11-19-20)13-6-8-14(9-7-13)16(12-22)21(17(23)24)18(2,3)4/h6-11,16,22H,5,12H2,1-4H3,(H,23,24). The molecule has 2 N–H and O–H groups in total. The fraction of sp³-hybridized carbons (Fsp3) is 0.444. The average Bonchev–Trinajstić information content (AvgIpc) is 2.99. The van der Waals surface area contributed by atoms with E-state index in [1.807, 2.05) is 62.7 Å². The van der Waals surface area contributed by atoms with Crippen molar-refractivity contribution in [3.05, 3.63) is 42.1 Å². The van der Waals surface area contributed by atoms with Crippen LogP contribution in [0.1, 0.15) is 39.3 Å². The first-order chi connectivity index (χ1) is 11.3. The van der Waals surface area contributed by atoms with Gasteiger partial charge in [0, 0.05) is 18.3 Å². The minimum absolute atomic E-state index is 0.268. The van der Waals surface area contributed by atoms with Crippen LogP contribution in [0.15, 0.2) is 36.5 Å². The highest BCUT2D eigenvalue weighted by Crippen LogP contribution is 2.30. The number of aliphatic hydroxyl groups excluding tert-OH is 1. The molecular weight excluding hydrogens is 306 g/mol. The summed E-state index contributed by atoms with van der Waals surface area (Å²) >= 11 is 0. The van der Waals surface area contributed by atoms with E-state index in [-0.39, 0.29) is 6.61 Å². The summed E-state index contributed by atoms with van der Waals surface area (Å²) in [4.78, 5) is 13.0. The Bertz CT molecular complexity index is 686. The van der Waals surface area contributed by atoms with Crippen LogP contribution in [-0.4, -0.2) is 43.1 Å². The number of benzene rings is 1. The average molecular weight is 331 g/mol. The van der Waals surface area contributed by atoms with Crippen LogP contribution in [0.5, 0.6) is 0 Å². The SMILES string of the molecule is CCn1nccc1-c1ccc(C(CO)N(C(=O)O)C(C)(C)C)cc1. The Morgan fingerprint density at radius 2 is 1.88 bits per heavy atom. The van der Waals surface area contributed by atoms with Gasteiger partial charge in [-0.25, -0.2) is 4.79 Å². The zero-order chi connectivity index (χ0) is 17.9. The van der Waals surface area contributed by atoms with Crippen LogP contribution in [0.4, 0.5) is 4.79 Å². The maximum absolute atomic E-state index is 11.7. The van der Waals surface area contributed by atoms with Crippen LogP contribution in [0.25, 0.3) is 11.3 Å². The summed E-state index contributed by atoms with van der Waals surface area (Å²) in [6.07, 6.45) is 0.712. The second-order valence-corrected chi connectivity index (χ2v) is 6.68. The van der Waals surface area contributed by atoms with Gasteiger partial charge in [0.2, 0.25) is 0 Å². The Morgan fingerprint density at radius 1 is 1.25 bits per heavy atom. The molecular formula is C18H25N3O3. The molecule has 6 nitrogen and oxygen atoms in total. The van der Waals surface area contributed by atoms with E-state index in [1.54, 1.807) is 6.20 Å². The fourth-order valence-corrected chi connectivity index (χ4v) is 2.93. The van der Waals surface area contributed by atoms with Crippen molar-refractivity contribution >= 4 is 6.09 Å². The van der Waals surface area contributed by atoms with E-state index in [0.29, 0.717) is 0 Å². The number of hydrogen-bond acceptors (Lipinski definition) is 3. The number of aromatic nitrogens is 2. The predicted molar refractivity (Wildman–Crippen MR) is 92.8 cm³/mol. The van der Waals surface area contributed by atoms with Crippen LogP contribution in [0.3, 0.4) is 0 Å². The lowest BCUT2D eigenvalue weighted by Crippen LogP contribution is -2.48. The van der Waals surface area contributed by atoms with Crippen molar-refractivity contribution in [1.29, 1.82) is 0 Å². The van der Waals surface area contributed by atoms with Gasteiger partial charge in [0.05, 0.1) is 18.3 Å². The van der Waals surface area contributed by atoms with Crippen molar-refractivity contribution in [2.75, 3.05) is 6.61 Å². The van der Waals surface area contributed by atoms with E-state index >= 15 is 0 Å². The van der Waals surface area contributed by atoms with E-state index in [4.69, 9.17) is 0 Å². The molecule has 130 valence electrons. The van der Waals surface area contributed by atoms with Gasteiger partial charge in [-0.1, -0.05) is 24.3 Å². The zero-order valence-electron chi connectivity index (χ0n) is 14.6. The first kappa shape index (κ1) is 18.0. The highest BCUT2D eigenvalue weighted by atomic mass is 16.4. The largest absolute Gasteiger partial charge is 0.465 e. The van der Waals surface area contributed by atoms with Crippen molar-refractivity contribution in [3.8, 4) is 11.3 Å². The molecule has 1 unspecified atom stereocenters. The molecule has 0 aliphatic heterocycles. The van der Waals surface area contributed by atoms with Crippen molar-refractivity contribution in [3.63, 3.8) is 0 Å². The Labute approximate surface area is 142 Å². The smallest absolute Gasteiger partial charge is 0.408 e. The molecule has 2 aromatic rings. The minimum Gasteiger partial charge on any atom is -0.465 e. The van der Waals surface area contributed by atoms with E-state index in [0.717, 1.165) is 23.4 Å². The van der Waals surface area contributed by atoms with Gasteiger partial charge in [0.15, 0.2) is 0 Å². The number of aryl methyl sites for hydroxylation is 1. The molecule has 0 aliphatic carbocycles. The van der Waals surface area contributed by atoms with Gasteiger partial charge in [0.1, 0.15) is 0 Å². The van der Waals surface area contributed by atoms with E-state index < -0.39 is 17.7 Å². The van der Waals surface area contributed by atoms with Crippen molar-refractivity contribution in [1.82, 2.24) is 14.7 Å². The quantitative estimate of drug-likeness (QED) is 0.880. The lowest BCUT2D eigenvalue weighted by Gasteiger charge is -2.39. The summed E-state index contributed by atoms with van der Waals surface area (Å²) in [5.41, 5.74) is 2.17. The molecule has 1 atom stereocenters. The zero-order valence-corrected chi connectivity index (χ0v) is 14.6. The Morgan fingerprint density at radius 3 is 2.33 bits per heavy atom. The van der Waals surface area contributed by atoms with Gasteiger partial charge in [-0.3, -0.25) is 9.58 Å². The maximum Gasteiger partial charge on any atom is 0.408 e. The van der Waals surface area contributed by atoms with Gasteiger partial charge in [-0.15, -0.1) is 0 Å². The minimum atomic E-state index is -1.05. The number of hydrogen-bond donors (Lipinski definition) is 2. The second kappa shape index (κ2) is 7.05. The summed E-state index contributed by atoms with van der Waals surface area (Å²) in [5, 5.41) is 23.6. The Balaban J connectivity index is 2.36. The van der Waals surface area contributed by atoms with Crippen LogP contribution >= 0.6 is 0 Å². The first-order valence-electron chi connectivity index (χ1n) is 8.04. The van der Waals surface area contributed by atoms with Crippen LogP contribution in [-0.2, 0) is 6.54 Å².